The van der Waals surface area contributed by atoms with E-state index in [-0.39, 0.29) is 12.5 Å². The van der Waals surface area contributed by atoms with Gasteiger partial charge in [-0.3, -0.25) is 4.79 Å². The summed E-state index contributed by atoms with van der Waals surface area (Å²) in [4.78, 5) is 14.6. The smallest absolute Gasteiger partial charge is 0.260 e. The summed E-state index contributed by atoms with van der Waals surface area (Å²) in [6, 6.07) is 11.9. The van der Waals surface area contributed by atoms with Gasteiger partial charge in [-0.05, 0) is 43.5 Å². The molecular weight excluding hydrogens is 316 g/mol. The van der Waals surface area contributed by atoms with E-state index in [2.05, 4.69) is 16.8 Å². The summed E-state index contributed by atoms with van der Waals surface area (Å²) in [6.45, 7) is 5.10. The molecule has 0 fully saturated rings. The van der Waals surface area contributed by atoms with Gasteiger partial charge in [0.2, 0.25) is 0 Å². The molecule has 0 saturated heterocycles. The molecule has 5 nitrogen and oxygen atoms in total. The lowest BCUT2D eigenvalue weighted by Crippen LogP contribution is -2.37. The van der Waals surface area contributed by atoms with Gasteiger partial charge in [0.25, 0.3) is 5.91 Å². The highest BCUT2D eigenvalue weighted by atomic mass is 16.5. The van der Waals surface area contributed by atoms with Crippen molar-refractivity contribution in [1.29, 1.82) is 0 Å². The zero-order valence-corrected chi connectivity index (χ0v) is 15.0. The SMILES string of the molecule is COCC[C@H]1CN(C(=O)COc2ccc(C)cc2)Cc2cccn2C1. The second-order valence-corrected chi connectivity index (χ2v) is 6.68. The fourth-order valence-corrected chi connectivity index (χ4v) is 3.21. The van der Waals surface area contributed by atoms with Gasteiger partial charge in [-0.25, -0.2) is 0 Å². The van der Waals surface area contributed by atoms with Crippen LogP contribution in [0, 0.1) is 12.8 Å². The van der Waals surface area contributed by atoms with Gasteiger partial charge in [0.1, 0.15) is 5.75 Å². The van der Waals surface area contributed by atoms with Crippen molar-refractivity contribution in [3.63, 3.8) is 0 Å². The van der Waals surface area contributed by atoms with Crippen molar-refractivity contribution in [3.05, 3.63) is 53.9 Å². The predicted molar refractivity (Wildman–Crippen MR) is 96.5 cm³/mol. The van der Waals surface area contributed by atoms with Crippen LogP contribution < -0.4 is 4.74 Å². The maximum Gasteiger partial charge on any atom is 0.260 e. The molecular formula is C20H26N2O3. The molecule has 3 rings (SSSR count). The molecule has 0 radical (unpaired) electrons. The average molecular weight is 342 g/mol. The lowest BCUT2D eigenvalue weighted by molar-refractivity contribution is -0.134. The Hall–Kier alpha value is -2.27. The van der Waals surface area contributed by atoms with Gasteiger partial charge < -0.3 is 18.9 Å². The minimum Gasteiger partial charge on any atom is -0.484 e. The highest BCUT2D eigenvalue weighted by Crippen LogP contribution is 2.20. The van der Waals surface area contributed by atoms with Crippen molar-refractivity contribution in [2.45, 2.75) is 26.4 Å². The van der Waals surface area contributed by atoms with E-state index in [0.717, 1.165) is 25.3 Å². The second kappa shape index (κ2) is 8.21. The van der Waals surface area contributed by atoms with Crippen LogP contribution in [0.5, 0.6) is 5.75 Å². The van der Waals surface area contributed by atoms with Gasteiger partial charge in [-0.1, -0.05) is 17.7 Å². The molecule has 0 saturated carbocycles. The fourth-order valence-electron chi connectivity index (χ4n) is 3.21. The van der Waals surface area contributed by atoms with Gasteiger partial charge in [0, 0.05) is 38.7 Å². The summed E-state index contributed by atoms with van der Waals surface area (Å²) < 4.78 is 13.2. The van der Waals surface area contributed by atoms with Crippen molar-refractivity contribution in [2.75, 3.05) is 26.9 Å². The fraction of sp³-hybridized carbons (Fsp3) is 0.450. The maximum atomic E-state index is 12.7. The third kappa shape index (κ3) is 4.63. The molecule has 0 N–H and O–H groups in total. The third-order valence-corrected chi connectivity index (χ3v) is 4.68. The summed E-state index contributed by atoms with van der Waals surface area (Å²) >= 11 is 0. The first-order valence-electron chi connectivity index (χ1n) is 8.76. The van der Waals surface area contributed by atoms with E-state index in [1.165, 1.54) is 11.3 Å². The van der Waals surface area contributed by atoms with Crippen molar-refractivity contribution in [1.82, 2.24) is 9.47 Å². The Labute approximate surface area is 149 Å². The number of hydrogen-bond acceptors (Lipinski definition) is 3. The lowest BCUT2D eigenvalue weighted by atomic mass is 10.1. The number of carbonyl (C=O) groups is 1. The minimum absolute atomic E-state index is 0.0256. The van der Waals surface area contributed by atoms with Gasteiger partial charge in [-0.15, -0.1) is 0 Å². The molecule has 1 aromatic carbocycles. The Morgan fingerprint density at radius 1 is 1.20 bits per heavy atom. The number of rotatable bonds is 6. The minimum atomic E-state index is 0.0256. The number of aromatic nitrogens is 1. The molecule has 1 atom stereocenters. The second-order valence-electron chi connectivity index (χ2n) is 6.68. The number of nitrogens with zero attached hydrogens (tertiary/aromatic N) is 2. The molecule has 2 heterocycles. The van der Waals surface area contributed by atoms with Crippen molar-refractivity contribution in [3.8, 4) is 5.75 Å². The molecule has 0 bridgehead atoms. The molecule has 0 aliphatic carbocycles. The van der Waals surface area contributed by atoms with E-state index in [9.17, 15) is 4.79 Å². The summed E-state index contributed by atoms with van der Waals surface area (Å²) in [5, 5.41) is 0. The number of hydrogen-bond donors (Lipinski definition) is 0. The van der Waals surface area contributed by atoms with E-state index in [1.807, 2.05) is 42.2 Å². The molecule has 1 aromatic heterocycles. The van der Waals surface area contributed by atoms with Crippen LogP contribution in [0.25, 0.3) is 0 Å². The van der Waals surface area contributed by atoms with Crippen molar-refractivity contribution >= 4 is 5.91 Å². The van der Waals surface area contributed by atoms with Crippen LogP contribution in [-0.4, -0.2) is 42.2 Å². The third-order valence-electron chi connectivity index (χ3n) is 4.68. The highest BCUT2D eigenvalue weighted by Gasteiger charge is 2.25. The molecule has 0 unspecified atom stereocenters. The van der Waals surface area contributed by atoms with E-state index in [1.54, 1.807) is 7.11 Å². The standard InChI is InChI=1S/C20H26N2O3/c1-16-5-7-19(8-6-16)25-15-20(23)22-13-17(9-11-24-2)12-21-10-3-4-18(21)14-22/h3-8,10,17H,9,11-15H2,1-2H3/t17-/m1/s1. The van der Waals surface area contributed by atoms with Crippen molar-refractivity contribution in [2.24, 2.45) is 5.92 Å². The van der Waals surface area contributed by atoms with Crippen LogP contribution in [0.15, 0.2) is 42.6 Å². The van der Waals surface area contributed by atoms with E-state index < -0.39 is 0 Å². The van der Waals surface area contributed by atoms with Gasteiger partial charge in [0.15, 0.2) is 6.61 Å². The number of methoxy groups -OCH3 is 1. The Kier molecular flexibility index (Phi) is 5.76. The first-order chi connectivity index (χ1) is 12.2. The molecule has 1 aliphatic heterocycles. The number of amides is 1. The maximum absolute atomic E-state index is 12.7. The monoisotopic (exact) mass is 342 g/mol. The normalized spacial score (nSPS) is 17.0. The number of fused-ring (bicyclic) bond motifs is 1. The molecule has 1 aliphatic rings. The van der Waals surface area contributed by atoms with Gasteiger partial charge in [-0.2, -0.15) is 0 Å². The van der Waals surface area contributed by atoms with Crippen LogP contribution in [0.1, 0.15) is 17.7 Å². The van der Waals surface area contributed by atoms with Gasteiger partial charge in [0.05, 0.1) is 6.54 Å². The van der Waals surface area contributed by atoms with E-state index in [0.29, 0.717) is 19.1 Å². The van der Waals surface area contributed by atoms with Gasteiger partial charge >= 0.3 is 0 Å². The van der Waals surface area contributed by atoms with Crippen LogP contribution in [0.3, 0.4) is 0 Å². The first kappa shape index (κ1) is 17.5. The van der Waals surface area contributed by atoms with Crippen LogP contribution in [0.2, 0.25) is 0 Å². The van der Waals surface area contributed by atoms with E-state index in [4.69, 9.17) is 9.47 Å². The largest absolute Gasteiger partial charge is 0.484 e. The highest BCUT2D eigenvalue weighted by molar-refractivity contribution is 5.77. The zero-order valence-electron chi connectivity index (χ0n) is 15.0. The quantitative estimate of drug-likeness (QED) is 0.811. The summed E-state index contributed by atoms with van der Waals surface area (Å²) in [5.41, 5.74) is 2.34. The molecule has 0 spiro atoms. The number of carbonyl (C=O) groups excluding carboxylic acids is 1. The molecule has 134 valence electrons. The number of benzene rings is 1. The lowest BCUT2D eigenvalue weighted by Gasteiger charge is -2.24. The molecule has 5 heteroatoms. The number of aryl methyl sites for hydroxylation is 1. The molecule has 2 aromatic rings. The zero-order chi connectivity index (χ0) is 17.6. The van der Waals surface area contributed by atoms with Crippen LogP contribution in [-0.2, 0) is 22.6 Å². The summed E-state index contributed by atoms with van der Waals surface area (Å²) in [5.74, 6) is 1.14. The Morgan fingerprint density at radius 3 is 2.76 bits per heavy atom. The first-order valence-corrected chi connectivity index (χ1v) is 8.76. The Bertz CT molecular complexity index is 693. The average Bonchev–Trinajstić information content (AvgIpc) is 2.97. The number of ether oxygens (including phenoxy) is 2. The van der Waals surface area contributed by atoms with Crippen LogP contribution in [0.4, 0.5) is 0 Å². The topological polar surface area (TPSA) is 43.7 Å². The Balaban J connectivity index is 1.64. The summed E-state index contributed by atoms with van der Waals surface area (Å²) in [6.07, 6.45) is 3.03. The molecule has 1 amide bonds. The predicted octanol–water partition coefficient (Wildman–Crippen LogP) is 2.87. The van der Waals surface area contributed by atoms with Crippen molar-refractivity contribution < 1.29 is 14.3 Å². The van der Waals surface area contributed by atoms with Crippen LogP contribution >= 0.6 is 0 Å². The Morgan fingerprint density at radius 2 is 2.00 bits per heavy atom. The van der Waals surface area contributed by atoms with E-state index >= 15 is 0 Å². The summed E-state index contributed by atoms with van der Waals surface area (Å²) in [7, 11) is 1.72. The molecule has 25 heavy (non-hydrogen) atoms.